The largest absolute Gasteiger partial charge is 0.395 e. The molecule has 27 heavy (non-hydrogen) atoms. The molecule has 3 heterocycles. The molecule has 0 bridgehead atoms. The summed E-state index contributed by atoms with van der Waals surface area (Å²) in [6.07, 6.45) is 5.81. The molecule has 10 nitrogen and oxygen atoms in total. The zero-order valence-electron chi connectivity index (χ0n) is 15.0. The summed E-state index contributed by atoms with van der Waals surface area (Å²) in [5.74, 6) is 1.23. The summed E-state index contributed by atoms with van der Waals surface area (Å²) in [6.45, 7) is 1.86. The first-order chi connectivity index (χ1) is 13.0. The molecule has 1 aliphatic rings. The maximum atomic E-state index is 12.1. The van der Waals surface area contributed by atoms with Gasteiger partial charge in [-0.1, -0.05) is 13.3 Å². The van der Waals surface area contributed by atoms with Crippen LogP contribution in [0.5, 0.6) is 0 Å². The number of H-pyrrole nitrogens is 1. The van der Waals surface area contributed by atoms with E-state index in [1.54, 1.807) is 6.20 Å². The van der Waals surface area contributed by atoms with Gasteiger partial charge < -0.3 is 10.1 Å². The van der Waals surface area contributed by atoms with Gasteiger partial charge >= 0.3 is 0 Å². The Morgan fingerprint density at radius 3 is 3.00 bits per heavy atom. The SMILES string of the molecule is CC[C@@H]1C[C@H](NS(=O)(=O)NCCO)C[C@@H]1c1nnc2cnc3[nH]ccc3n12. The van der Waals surface area contributed by atoms with Gasteiger partial charge in [-0.3, -0.25) is 4.40 Å². The summed E-state index contributed by atoms with van der Waals surface area (Å²) in [5.41, 5.74) is 2.36. The van der Waals surface area contributed by atoms with Crippen LogP contribution in [-0.4, -0.2) is 57.3 Å². The fourth-order valence-electron chi connectivity index (χ4n) is 4.07. The molecule has 0 radical (unpaired) electrons. The molecule has 1 saturated carbocycles. The lowest BCUT2D eigenvalue weighted by atomic mass is 9.93. The monoisotopic (exact) mass is 393 g/mol. The van der Waals surface area contributed by atoms with Crippen LogP contribution in [0.25, 0.3) is 16.8 Å². The van der Waals surface area contributed by atoms with Gasteiger partial charge in [-0.25, -0.2) is 4.98 Å². The Kier molecular flexibility index (Phi) is 4.84. The number of rotatable bonds is 7. The number of aromatic amines is 1. The van der Waals surface area contributed by atoms with E-state index in [4.69, 9.17) is 5.11 Å². The molecule has 3 atom stereocenters. The second-order valence-corrected chi connectivity index (χ2v) is 8.44. The van der Waals surface area contributed by atoms with Gasteiger partial charge in [0.25, 0.3) is 10.2 Å². The van der Waals surface area contributed by atoms with Crippen molar-refractivity contribution in [1.82, 2.24) is 34.0 Å². The summed E-state index contributed by atoms with van der Waals surface area (Å²) in [7, 11) is -3.64. The van der Waals surface area contributed by atoms with Crippen LogP contribution in [0.3, 0.4) is 0 Å². The number of aliphatic hydroxyl groups excluding tert-OH is 1. The van der Waals surface area contributed by atoms with E-state index in [-0.39, 0.29) is 25.1 Å². The molecule has 146 valence electrons. The number of nitrogens with one attached hydrogen (secondary N) is 3. The van der Waals surface area contributed by atoms with Crippen LogP contribution in [0.2, 0.25) is 0 Å². The van der Waals surface area contributed by atoms with Crippen molar-refractivity contribution in [3.8, 4) is 0 Å². The van der Waals surface area contributed by atoms with Gasteiger partial charge in [0, 0.05) is 24.7 Å². The lowest BCUT2D eigenvalue weighted by Crippen LogP contribution is -2.42. The van der Waals surface area contributed by atoms with Crippen molar-refractivity contribution in [2.75, 3.05) is 13.2 Å². The number of aromatic nitrogens is 5. The van der Waals surface area contributed by atoms with Crippen LogP contribution in [0.4, 0.5) is 0 Å². The summed E-state index contributed by atoms with van der Waals surface area (Å²) in [5, 5.41) is 17.5. The highest BCUT2D eigenvalue weighted by atomic mass is 32.2. The lowest BCUT2D eigenvalue weighted by molar-refractivity contribution is 0.300. The Labute approximate surface area is 156 Å². The van der Waals surface area contributed by atoms with E-state index < -0.39 is 10.2 Å². The van der Waals surface area contributed by atoms with Crippen LogP contribution >= 0.6 is 0 Å². The maximum Gasteiger partial charge on any atom is 0.277 e. The number of hydrogen-bond donors (Lipinski definition) is 4. The van der Waals surface area contributed by atoms with Crippen LogP contribution in [0.1, 0.15) is 37.9 Å². The van der Waals surface area contributed by atoms with Crippen molar-refractivity contribution in [3.05, 3.63) is 24.3 Å². The molecule has 0 unspecified atom stereocenters. The molecule has 4 rings (SSSR count). The van der Waals surface area contributed by atoms with Crippen molar-refractivity contribution < 1.29 is 13.5 Å². The number of aliphatic hydroxyl groups is 1. The fourth-order valence-corrected chi connectivity index (χ4v) is 5.14. The Morgan fingerprint density at radius 2 is 2.22 bits per heavy atom. The predicted octanol–water partition coefficient (Wildman–Crippen LogP) is 0.294. The van der Waals surface area contributed by atoms with Gasteiger partial charge in [-0.05, 0) is 24.8 Å². The molecule has 0 saturated heterocycles. The molecule has 0 aromatic carbocycles. The second kappa shape index (κ2) is 7.15. The van der Waals surface area contributed by atoms with Gasteiger partial charge in [0.15, 0.2) is 11.3 Å². The summed E-state index contributed by atoms with van der Waals surface area (Å²) < 4.78 is 31.3. The third-order valence-electron chi connectivity index (χ3n) is 5.24. The van der Waals surface area contributed by atoms with E-state index in [0.29, 0.717) is 18.0 Å². The van der Waals surface area contributed by atoms with Gasteiger partial charge in [0.2, 0.25) is 0 Å². The molecule has 0 aliphatic heterocycles. The van der Waals surface area contributed by atoms with Crippen LogP contribution < -0.4 is 9.44 Å². The van der Waals surface area contributed by atoms with E-state index in [1.165, 1.54) is 0 Å². The van der Waals surface area contributed by atoms with Gasteiger partial charge in [0.05, 0.1) is 18.3 Å². The zero-order valence-corrected chi connectivity index (χ0v) is 15.8. The minimum Gasteiger partial charge on any atom is -0.395 e. The third kappa shape index (κ3) is 3.43. The summed E-state index contributed by atoms with van der Waals surface area (Å²) in [4.78, 5) is 7.44. The average molecular weight is 393 g/mol. The fraction of sp³-hybridized carbons (Fsp3) is 0.562. The molecule has 4 N–H and O–H groups in total. The number of fused-ring (bicyclic) bond motifs is 3. The summed E-state index contributed by atoms with van der Waals surface area (Å²) in [6, 6.07) is 1.75. The second-order valence-electron chi connectivity index (χ2n) is 6.90. The summed E-state index contributed by atoms with van der Waals surface area (Å²) >= 11 is 0. The predicted molar refractivity (Wildman–Crippen MR) is 99.3 cm³/mol. The van der Waals surface area contributed by atoms with Crippen molar-refractivity contribution in [3.63, 3.8) is 0 Å². The highest BCUT2D eigenvalue weighted by molar-refractivity contribution is 7.87. The van der Waals surface area contributed by atoms with Crippen LogP contribution in [0.15, 0.2) is 18.5 Å². The van der Waals surface area contributed by atoms with Crippen molar-refractivity contribution in [2.45, 2.75) is 38.1 Å². The molecule has 0 spiro atoms. The quantitative estimate of drug-likeness (QED) is 0.455. The van der Waals surface area contributed by atoms with Crippen LogP contribution in [-0.2, 0) is 10.2 Å². The maximum absolute atomic E-state index is 12.1. The van der Waals surface area contributed by atoms with E-state index in [2.05, 4.69) is 36.5 Å². The van der Waals surface area contributed by atoms with Crippen LogP contribution in [0, 0.1) is 5.92 Å². The highest BCUT2D eigenvalue weighted by Gasteiger charge is 2.38. The van der Waals surface area contributed by atoms with E-state index in [1.807, 2.05) is 16.7 Å². The van der Waals surface area contributed by atoms with Gasteiger partial charge in [-0.15, -0.1) is 10.2 Å². The van der Waals surface area contributed by atoms with Crippen molar-refractivity contribution in [1.29, 1.82) is 0 Å². The van der Waals surface area contributed by atoms with Gasteiger partial charge in [-0.2, -0.15) is 17.9 Å². The molecule has 3 aromatic heterocycles. The van der Waals surface area contributed by atoms with Crippen molar-refractivity contribution in [2.24, 2.45) is 5.92 Å². The molecule has 0 amide bonds. The Hall–Kier alpha value is -2.08. The third-order valence-corrected chi connectivity index (χ3v) is 6.47. The zero-order chi connectivity index (χ0) is 19.0. The van der Waals surface area contributed by atoms with Crippen molar-refractivity contribution >= 4 is 27.0 Å². The Morgan fingerprint density at radius 1 is 1.37 bits per heavy atom. The Bertz CT molecular complexity index is 1040. The first kappa shape index (κ1) is 18.3. The topological polar surface area (TPSA) is 137 Å². The van der Waals surface area contributed by atoms with E-state index >= 15 is 0 Å². The standard InChI is InChI=1S/C16H23N7O3S/c1-2-10-7-11(22-27(25,26)19-5-6-24)8-12(10)16-21-20-14-9-18-15-13(23(14)16)3-4-17-15/h3-4,9-12,17,19,22,24H,2,5-8H2,1H3/t10-,11+,12+/m1/s1. The molecule has 3 aromatic rings. The normalized spacial score (nSPS) is 23.6. The minimum atomic E-state index is -3.64. The van der Waals surface area contributed by atoms with E-state index in [0.717, 1.165) is 29.8 Å². The molecular weight excluding hydrogens is 370 g/mol. The average Bonchev–Trinajstić information content (AvgIpc) is 3.35. The molecule has 11 heteroatoms. The lowest BCUT2D eigenvalue weighted by Gasteiger charge is -2.16. The molecule has 1 aliphatic carbocycles. The first-order valence-electron chi connectivity index (χ1n) is 9.07. The smallest absolute Gasteiger partial charge is 0.277 e. The highest BCUT2D eigenvalue weighted by Crippen LogP contribution is 2.41. The molecule has 1 fully saturated rings. The first-order valence-corrected chi connectivity index (χ1v) is 10.6. The minimum absolute atomic E-state index is 0.00399. The Balaban J connectivity index is 1.64. The van der Waals surface area contributed by atoms with Gasteiger partial charge in [0.1, 0.15) is 5.82 Å². The van der Waals surface area contributed by atoms with E-state index in [9.17, 15) is 8.42 Å². The number of nitrogens with zero attached hydrogens (tertiary/aromatic N) is 4. The molecular formula is C16H23N7O3S. The number of hydrogen-bond acceptors (Lipinski definition) is 6.